The summed E-state index contributed by atoms with van der Waals surface area (Å²) in [5.41, 5.74) is 0.519. The van der Waals surface area contributed by atoms with Gasteiger partial charge in [0.05, 0.1) is 12.6 Å². The minimum absolute atomic E-state index is 0.156. The molecule has 0 unspecified atom stereocenters. The molecule has 1 aliphatic heterocycles. The average Bonchev–Trinajstić information content (AvgIpc) is 2.85. The molecule has 7 nitrogen and oxygen atoms in total. The highest BCUT2D eigenvalue weighted by molar-refractivity contribution is 6.39. The van der Waals surface area contributed by atoms with E-state index in [9.17, 15) is 14.0 Å². The van der Waals surface area contributed by atoms with Crippen molar-refractivity contribution in [2.24, 2.45) is 0 Å². The maximum absolute atomic E-state index is 13.5. The van der Waals surface area contributed by atoms with Gasteiger partial charge in [-0.25, -0.2) is 4.39 Å². The third kappa shape index (κ3) is 3.53. The Labute approximate surface area is 137 Å². The summed E-state index contributed by atoms with van der Waals surface area (Å²) in [4.78, 5) is 24.1. The van der Waals surface area contributed by atoms with Crippen LogP contribution in [-0.2, 0) is 9.59 Å². The highest BCUT2D eigenvalue weighted by atomic mass is 19.1. The molecule has 2 amide bonds. The number of hydrogen-bond acceptors (Lipinski definition) is 5. The van der Waals surface area contributed by atoms with Crippen molar-refractivity contribution in [2.75, 3.05) is 11.9 Å². The molecule has 0 aliphatic carbocycles. The summed E-state index contributed by atoms with van der Waals surface area (Å²) in [5, 5.41) is 8.55. The highest BCUT2D eigenvalue weighted by Crippen LogP contribution is 2.32. The lowest BCUT2D eigenvalue weighted by molar-refractivity contribution is -0.136. The van der Waals surface area contributed by atoms with Crippen LogP contribution in [0.15, 0.2) is 28.8 Å². The van der Waals surface area contributed by atoms with E-state index < -0.39 is 23.7 Å². The summed E-state index contributed by atoms with van der Waals surface area (Å²) in [7, 11) is 0. The predicted octanol–water partition coefficient (Wildman–Crippen LogP) is 2.09. The molecule has 0 fully saturated rings. The lowest BCUT2D eigenvalue weighted by atomic mass is 10.0. The van der Waals surface area contributed by atoms with Crippen LogP contribution in [0.25, 0.3) is 0 Å². The molecule has 0 saturated carbocycles. The van der Waals surface area contributed by atoms with Crippen molar-refractivity contribution in [3.05, 3.63) is 41.4 Å². The number of nitrogens with one attached hydrogen (secondary N) is 2. The normalized spacial score (nSPS) is 16.5. The van der Waals surface area contributed by atoms with Gasteiger partial charge in [0.15, 0.2) is 5.82 Å². The molecule has 3 rings (SSSR count). The first-order valence-electron chi connectivity index (χ1n) is 7.50. The van der Waals surface area contributed by atoms with E-state index >= 15 is 0 Å². The van der Waals surface area contributed by atoms with Gasteiger partial charge in [0.25, 0.3) is 0 Å². The molecule has 8 heteroatoms. The van der Waals surface area contributed by atoms with Gasteiger partial charge >= 0.3 is 11.8 Å². The van der Waals surface area contributed by atoms with Crippen molar-refractivity contribution in [1.82, 2.24) is 10.5 Å². The Balaban J connectivity index is 1.72. The van der Waals surface area contributed by atoms with Crippen molar-refractivity contribution in [1.29, 1.82) is 0 Å². The van der Waals surface area contributed by atoms with Gasteiger partial charge in [0.2, 0.25) is 0 Å². The predicted molar refractivity (Wildman–Crippen MR) is 81.9 cm³/mol. The number of anilines is 1. The van der Waals surface area contributed by atoms with Gasteiger partial charge in [-0.05, 0) is 38.0 Å². The van der Waals surface area contributed by atoms with Gasteiger partial charge in [-0.15, -0.1) is 0 Å². The third-order valence-electron chi connectivity index (χ3n) is 3.62. The number of carbonyl (C=O) groups excluding carboxylic acids is 2. The highest BCUT2D eigenvalue weighted by Gasteiger charge is 2.25. The second-order valence-corrected chi connectivity index (χ2v) is 5.48. The number of aromatic nitrogens is 1. The maximum atomic E-state index is 13.5. The van der Waals surface area contributed by atoms with Gasteiger partial charge in [-0.2, -0.15) is 0 Å². The quantitative estimate of drug-likeness (QED) is 0.821. The number of carbonyl (C=O) groups is 2. The molecule has 2 aromatic rings. The molecule has 1 aromatic carbocycles. The molecule has 2 N–H and O–H groups in total. The van der Waals surface area contributed by atoms with Crippen LogP contribution in [0.2, 0.25) is 0 Å². The molecule has 1 atom stereocenters. The molecule has 0 bridgehead atoms. The fourth-order valence-electron chi connectivity index (χ4n) is 2.52. The van der Waals surface area contributed by atoms with Crippen LogP contribution in [0.4, 0.5) is 10.2 Å². The monoisotopic (exact) mass is 333 g/mol. The van der Waals surface area contributed by atoms with Crippen LogP contribution in [0, 0.1) is 12.7 Å². The molecule has 1 aliphatic rings. The third-order valence-corrected chi connectivity index (χ3v) is 3.62. The number of hydrogen-bond donors (Lipinski definition) is 2. The van der Waals surface area contributed by atoms with Gasteiger partial charge < -0.3 is 14.6 Å². The van der Waals surface area contributed by atoms with E-state index in [1.807, 2.05) is 0 Å². The van der Waals surface area contributed by atoms with Gasteiger partial charge in [0, 0.05) is 11.6 Å². The molecule has 1 aromatic heterocycles. The topological polar surface area (TPSA) is 93.5 Å². The first-order chi connectivity index (χ1) is 11.5. The van der Waals surface area contributed by atoms with Crippen LogP contribution >= 0.6 is 0 Å². The Morgan fingerprint density at radius 2 is 2.12 bits per heavy atom. The van der Waals surface area contributed by atoms with Crippen LogP contribution in [-0.4, -0.2) is 23.6 Å². The summed E-state index contributed by atoms with van der Waals surface area (Å²) < 4.78 is 23.9. The minimum atomic E-state index is -0.869. The first-order valence-corrected chi connectivity index (χ1v) is 7.50. The van der Waals surface area contributed by atoms with Crippen LogP contribution < -0.4 is 15.4 Å². The fraction of sp³-hybridized carbons (Fsp3) is 0.312. The van der Waals surface area contributed by atoms with Crippen molar-refractivity contribution >= 4 is 17.6 Å². The summed E-state index contributed by atoms with van der Waals surface area (Å²) in [6.07, 6.45) is 1.21. The minimum Gasteiger partial charge on any atom is -0.493 e. The number of rotatable bonds is 2. The first kappa shape index (κ1) is 16.0. The second-order valence-electron chi connectivity index (χ2n) is 5.48. The Morgan fingerprint density at radius 3 is 2.88 bits per heavy atom. The van der Waals surface area contributed by atoms with E-state index in [0.717, 1.165) is 0 Å². The Bertz CT molecular complexity index is 774. The van der Waals surface area contributed by atoms with Crippen molar-refractivity contribution in [2.45, 2.75) is 25.8 Å². The summed E-state index contributed by atoms with van der Waals surface area (Å²) in [6.45, 7) is 2.13. The lowest BCUT2D eigenvalue weighted by Crippen LogP contribution is -2.37. The zero-order chi connectivity index (χ0) is 17.1. The zero-order valence-corrected chi connectivity index (χ0v) is 13.0. The van der Waals surface area contributed by atoms with E-state index in [2.05, 4.69) is 15.8 Å². The number of nitrogens with zero attached hydrogens (tertiary/aromatic N) is 1. The van der Waals surface area contributed by atoms with Crippen molar-refractivity contribution in [3.8, 4) is 5.75 Å². The molecule has 126 valence electrons. The van der Waals surface area contributed by atoms with Crippen LogP contribution in [0.1, 0.15) is 30.2 Å². The smallest absolute Gasteiger partial charge is 0.314 e. The maximum Gasteiger partial charge on any atom is 0.314 e. The molecule has 2 heterocycles. The van der Waals surface area contributed by atoms with Crippen molar-refractivity contribution in [3.63, 3.8) is 0 Å². The van der Waals surface area contributed by atoms with Gasteiger partial charge in [-0.1, -0.05) is 5.16 Å². The number of fused-ring (bicyclic) bond motifs is 1. The summed E-state index contributed by atoms with van der Waals surface area (Å²) in [6, 6.07) is 5.12. The average molecular weight is 333 g/mol. The Morgan fingerprint density at radius 1 is 1.29 bits per heavy atom. The molecular formula is C16H16FN3O4. The van der Waals surface area contributed by atoms with Gasteiger partial charge in [-0.3, -0.25) is 14.9 Å². The second kappa shape index (κ2) is 6.69. The number of amides is 2. The number of aryl methyl sites for hydroxylation is 1. The van der Waals surface area contributed by atoms with E-state index in [4.69, 9.17) is 9.26 Å². The summed E-state index contributed by atoms with van der Waals surface area (Å²) in [5.74, 6) is -0.962. The van der Waals surface area contributed by atoms with E-state index in [-0.39, 0.29) is 5.82 Å². The number of benzene rings is 1. The Kier molecular flexibility index (Phi) is 4.45. The van der Waals surface area contributed by atoms with Crippen molar-refractivity contribution < 1.29 is 23.2 Å². The molecule has 24 heavy (non-hydrogen) atoms. The van der Waals surface area contributed by atoms with E-state index in [0.29, 0.717) is 36.5 Å². The van der Waals surface area contributed by atoms with Gasteiger partial charge in [0.1, 0.15) is 17.3 Å². The number of halogens is 1. The zero-order valence-electron chi connectivity index (χ0n) is 13.0. The lowest BCUT2D eigenvalue weighted by Gasteiger charge is -2.18. The molecule has 0 saturated heterocycles. The SMILES string of the molecule is Cc1cc(NC(=O)C(=O)N[C@@H]2CCCOc3ccc(F)cc32)no1. The molecule has 0 radical (unpaired) electrons. The van der Waals surface area contributed by atoms with E-state index in [1.165, 1.54) is 24.3 Å². The fourth-order valence-corrected chi connectivity index (χ4v) is 2.52. The standard InChI is InChI=1S/C16H16FN3O4/c1-9-7-14(20-24-9)19-16(22)15(21)18-12-3-2-6-23-13-5-4-10(17)8-11(12)13/h4-5,7-8,12H,2-3,6H2,1H3,(H,18,21)(H,19,20,22)/t12-/m1/s1. The number of ether oxygens (including phenoxy) is 1. The molecular weight excluding hydrogens is 317 g/mol. The largest absolute Gasteiger partial charge is 0.493 e. The summed E-state index contributed by atoms with van der Waals surface area (Å²) >= 11 is 0. The molecule has 0 spiro atoms. The Hall–Kier alpha value is -2.90. The van der Waals surface area contributed by atoms with E-state index in [1.54, 1.807) is 6.92 Å². The van der Waals surface area contributed by atoms with Crippen LogP contribution in [0.5, 0.6) is 5.75 Å². The van der Waals surface area contributed by atoms with Crippen LogP contribution in [0.3, 0.4) is 0 Å².